The third-order valence-electron chi connectivity index (χ3n) is 4.34. The number of piperidine rings is 1. The van der Waals surface area contributed by atoms with Crippen molar-refractivity contribution in [2.75, 3.05) is 30.7 Å². The molecule has 1 aliphatic heterocycles. The van der Waals surface area contributed by atoms with Gasteiger partial charge in [-0.3, -0.25) is 4.98 Å². The number of rotatable bonds is 3. The molecule has 0 radical (unpaired) electrons. The van der Waals surface area contributed by atoms with E-state index in [4.69, 9.17) is 10.5 Å². The number of carbonyl (C=O) groups is 1. The number of pyridine rings is 1. The van der Waals surface area contributed by atoms with Crippen LogP contribution in [0.4, 0.5) is 16.2 Å². The number of anilines is 2. The first-order chi connectivity index (χ1) is 11.8. The summed E-state index contributed by atoms with van der Waals surface area (Å²) in [4.78, 5) is 18.3. The van der Waals surface area contributed by atoms with Gasteiger partial charge in [0.15, 0.2) is 0 Å². The summed E-state index contributed by atoms with van der Waals surface area (Å²) >= 11 is 1.65. The predicted molar refractivity (Wildman–Crippen MR) is 103 cm³/mol. The van der Waals surface area contributed by atoms with E-state index in [0.29, 0.717) is 11.6 Å². The number of carbonyl (C=O) groups excluding carboxylic acids is 1. The standard InChI is InChI=1S/C18H26N4O2S/c1-18(2,3)24-17(23)22-7-4-12(5-8-22)10-21-15-13(19)11-20-14-6-9-25-16(14)15/h6,9,11-12H,4-5,7-8,10,19H2,1-3H3,(H,20,21). The molecule has 0 bridgehead atoms. The average molecular weight is 362 g/mol. The van der Waals surface area contributed by atoms with Gasteiger partial charge in [-0.05, 0) is 51.0 Å². The summed E-state index contributed by atoms with van der Waals surface area (Å²) in [6, 6.07) is 2.00. The topological polar surface area (TPSA) is 80.5 Å². The quantitative estimate of drug-likeness (QED) is 0.864. The molecule has 0 atom stereocenters. The highest BCUT2D eigenvalue weighted by Gasteiger charge is 2.26. The van der Waals surface area contributed by atoms with E-state index in [1.165, 1.54) is 0 Å². The van der Waals surface area contributed by atoms with Gasteiger partial charge >= 0.3 is 6.09 Å². The van der Waals surface area contributed by atoms with E-state index in [9.17, 15) is 4.79 Å². The average Bonchev–Trinajstić information content (AvgIpc) is 3.01. The van der Waals surface area contributed by atoms with Gasteiger partial charge in [0.05, 0.1) is 27.8 Å². The van der Waals surface area contributed by atoms with Crippen molar-refractivity contribution in [3.63, 3.8) is 0 Å². The molecule has 0 aliphatic carbocycles. The maximum atomic E-state index is 12.1. The minimum Gasteiger partial charge on any atom is -0.444 e. The fourth-order valence-corrected chi connectivity index (χ4v) is 3.88. The second-order valence-electron chi connectivity index (χ2n) is 7.52. The van der Waals surface area contributed by atoms with Crippen LogP contribution in [0.2, 0.25) is 0 Å². The number of hydrogen-bond donors (Lipinski definition) is 2. The second-order valence-corrected chi connectivity index (χ2v) is 8.43. The first-order valence-electron chi connectivity index (χ1n) is 8.67. The molecule has 2 aromatic rings. The Hall–Kier alpha value is -2.02. The van der Waals surface area contributed by atoms with Gasteiger partial charge in [-0.2, -0.15) is 0 Å². The molecule has 3 rings (SSSR count). The SMILES string of the molecule is CC(C)(C)OC(=O)N1CCC(CNc2c(N)cnc3ccsc23)CC1. The van der Waals surface area contributed by atoms with E-state index < -0.39 is 5.60 Å². The van der Waals surface area contributed by atoms with Crippen molar-refractivity contribution in [2.45, 2.75) is 39.2 Å². The van der Waals surface area contributed by atoms with Crippen molar-refractivity contribution in [1.29, 1.82) is 0 Å². The Labute approximate surface area is 152 Å². The summed E-state index contributed by atoms with van der Waals surface area (Å²) in [5.41, 5.74) is 8.29. The van der Waals surface area contributed by atoms with Gasteiger partial charge in [0.1, 0.15) is 5.60 Å². The third kappa shape index (κ3) is 4.34. The zero-order valence-corrected chi connectivity index (χ0v) is 15.9. The smallest absolute Gasteiger partial charge is 0.410 e. The number of nitrogens with one attached hydrogen (secondary N) is 1. The first-order valence-corrected chi connectivity index (χ1v) is 9.55. The Morgan fingerprint density at radius 2 is 2.16 bits per heavy atom. The summed E-state index contributed by atoms with van der Waals surface area (Å²) < 4.78 is 6.55. The van der Waals surface area contributed by atoms with Gasteiger partial charge in [-0.1, -0.05) is 0 Å². The van der Waals surface area contributed by atoms with E-state index in [1.807, 2.05) is 32.2 Å². The van der Waals surface area contributed by atoms with Crippen LogP contribution < -0.4 is 11.1 Å². The van der Waals surface area contributed by atoms with E-state index >= 15 is 0 Å². The molecule has 1 fully saturated rings. The molecule has 1 saturated heterocycles. The maximum absolute atomic E-state index is 12.1. The third-order valence-corrected chi connectivity index (χ3v) is 5.26. The largest absolute Gasteiger partial charge is 0.444 e. The number of fused-ring (bicyclic) bond motifs is 1. The number of amides is 1. The Morgan fingerprint density at radius 1 is 1.44 bits per heavy atom. The van der Waals surface area contributed by atoms with Crippen molar-refractivity contribution < 1.29 is 9.53 Å². The molecule has 6 nitrogen and oxygen atoms in total. The zero-order chi connectivity index (χ0) is 18.0. The Bertz CT molecular complexity index is 745. The minimum absolute atomic E-state index is 0.211. The second kappa shape index (κ2) is 7.07. The summed E-state index contributed by atoms with van der Waals surface area (Å²) in [6.07, 6.45) is 3.43. The van der Waals surface area contributed by atoms with Crippen LogP contribution >= 0.6 is 11.3 Å². The molecular formula is C18H26N4O2S. The number of nitrogens with zero attached hydrogens (tertiary/aromatic N) is 2. The lowest BCUT2D eigenvalue weighted by Gasteiger charge is -2.33. The number of nitrogens with two attached hydrogens (primary N) is 1. The number of ether oxygens (including phenoxy) is 1. The van der Waals surface area contributed by atoms with Gasteiger partial charge in [-0.15, -0.1) is 11.3 Å². The highest BCUT2D eigenvalue weighted by atomic mass is 32.1. The van der Waals surface area contributed by atoms with Crippen molar-refractivity contribution in [2.24, 2.45) is 5.92 Å². The summed E-state index contributed by atoms with van der Waals surface area (Å²) in [7, 11) is 0. The molecule has 2 aromatic heterocycles. The molecule has 136 valence electrons. The lowest BCUT2D eigenvalue weighted by Crippen LogP contribution is -2.42. The monoisotopic (exact) mass is 362 g/mol. The Morgan fingerprint density at radius 3 is 2.84 bits per heavy atom. The molecule has 0 spiro atoms. The van der Waals surface area contributed by atoms with Gasteiger partial charge < -0.3 is 20.7 Å². The van der Waals surface area contributed by atoms with Crippen LogP contribution in [0.3, 0.4) is 0 Å². The highest BCUT2D eigenvalue weighted by molar-refractivity contribution is 7.17. The van der Waals surface area contributed by atoms with Gasteiger partial charge in [0, 0.05) is 19.6 Å². The van der Waals surface area contributed by atoms with Crippen LogP contribution in [0.1, 0.15) is 33.6 Å². The lowest BCUT2D eigenvalue weighted by atomic mass is 9.97. The molecule has 1 aliphatic rings. The molecule has 0 unspecified atom stereocenters. The van der Waals surface area contributed by atoms with Crippen molar-refractivity contribution >= 4 is 39.0 Å². The Balaban J connectivity index is 1.53. The van der Waals surface area contributed by atoms with E-state index in [2.05, 4.69) is 10.3 Å². The molecule has 3 N–H and O–H groups in total. The van der Waals surface area contributed by atoms with Crippen LogP contribution in [0.25, 0.3) is 10.2 Å². The Kier molecular flexibility index (Phi) is 5.03. The summed E-state index contributed by atoms with van der Waals surface area (Å²) in [5.74, 6) is 0.515. The van der Waals surface area contributed by atoms with Gasteiger partial charge in [-0.25, -0.2) is 4.79 Å². The summed E-state index contributed by atoms with van der Waals surface area (Å²) in [5, 5.41) is 5.53. The number of hydrogen-bond acceptors (Lipinski definition) is 6. The number of likely N-dealkylation sites (tertiary alicyclic amines) is 1. The molecule has 3 heterocycles. The fourth-order valence-electron chi connectivity index (χ4n) is 3.00. The predicted octanol–water partition coefficient (Wildman–Crippen LogP) is 3.94. The minimum atomic E-state index is -0.444. The van der Waals surface area contributed by atoms with Crippen molar-refractivity contribution in [3.05, 3.63) is 17.6 Å². The van der Waals surface area contributed by atoms with Crippen molar-refractivity contribution in [1.82, 2.24) is 9.88 Å². The van der Waals surface area contributed by atoms with Crippen LogP contribution in [-0.2, 0) is 4.74 Å². The summed E-state index contributed by atoms with van der Waals surface area (Å²) in [6.45, 7) is 8.01. The first kappa shape index (κ1) is 17.8. The normalized spacial score (nSPS) is 16.2. The van der Waals surface area contributed by atoms with Gasteiger partial charge in [0.2, 0.25) is 0 Å². The number of thiophene rings is 1. The highest BCUT2D eigenvalue weighted by Crippen LogP contribution is 2.32. The van der Waals surface area contributed by atoms with E-state index in [1.54, 1.807) is 22.4 Å². The fraction of sp³-hybridized carbons (Fsp3) is 0.556. The van der Waals surface area contributed by atoms with Crippen LogP contribution in [0, 0.1) is 5.92 Å². The number of nitrogen functional groups attached to an aromatic ring is 1. The molecule has 0 aromatic carbocycles. The number of aromatic nitrogens is 1. The molecule has 25 heavy (non-hydrogen) atoms. The van der Waals surface area contributed by atoms with Gasteiger partial charge in [0.25, 0.3) is 0 Å². The van der Waals surface area contributed by atoms with E-state index in [-0.39, 0.29) is 6.09 Å². The molecule has 7 heteroatoms. The molecular weight excluding hydrogens is 336 g/mol. The molecule has 0 saturated carbocycles. The maximum Gasteiger partial charge on any atom is 0.410 e. The van der Waals surface area contributed by atoms with E-state index in [0.717, 1.165) is 48.4 Å². The van der Waals surface area contributed by atoms with Crippen LogP contribution in [-0.4, -0.2) is 41.2 Å². The van der Waals surface area contributed by atoms with Crippen molar-refractivity contribution in [3.8, 4) is 0 Å². The van der Waals surface area contributed by atoms with Crippen LogP contribution in [0.5, 0.6) is 0 Å². The molecule has 1 amide bonds. The lowest BCUT2D eigenvalue weighted by molar-refractivity contribution is 0.0188. The van der Waals surface area contributed by atoms with Crippen LogP contribution in [0.15, 0.2) is 17.6 Å². The zero-order valence-electron chi connectivity index (χ0n) is 15.0.